The predicted molar refractivity (Wildman–Crippen MR) is 76.7 cm³/mol. The number of benzene rings is 1. The third kappa shape index (κ3) is 3.17. The lowest BCUT2D eigenvalue weighted by Gasteiger charge is -2.26. The monoisotopic (exact) mass is 276 g/mol. The van der Waals surface area contributed by atoms with E-state index in [1.54, 1.807) is 9.80 Å². The van der Waals surface area contributed by atoms with Gasteiger partial charge in [-0.3, -0.25) is 14.5 Å². The number of likely N-dealkylation sites (N-methyl/N-ethyl adjacent to an activating group) is 1. The molecule has 1 fully saturated rings. The first-order valence-corrected chi connectivity index (χ1v) is 6.95. The number of carboxylic acid groups (broad SMARTS) is 1. The molecular weight excluding hydrogens is 256 g/mol. The van der Waals surface area contributed by atoms with E-state index in [9.17, 15) is 9.59 Å². The van der Waals surface area contributed by atoms with Gasteiger partial charge in [0.25, 0.3) is 0 Å². The first-order valence-electron chi connectivity index (χ1n) is 6.95. The molecule has 0 radical (unpaired) electrons. The van der Waals surface area contributed by atoms with Gasteiger partial charge in [-0.1, -0.05) is 18.2 Å². The zero-order valence-electron chi connectivity index (χ0n) is 11.7. The van der Waals surface area contributed by atoms with Gasteiger partial charge < -0.3 is 10.0 Å². The third-order valence-corrected chi connectivity index (χ3v) is 3.67. The molecule has 1 heterocycles. The molecule has 0 aliphatic carbocycles. The normalized spacial score (nSPS) is 18.9. The molecule has 1 amide bonds. The Morgan fingerprint density at radius 1 is 1.35 bits per heavy atom. The minimum Gasteiger partial charge on any atom is -0.480 e. The van der Waals surface area contributed by atoms with Crippen LogP contribution in [-0.2, 0) is 9.59 Å². The van der Waals surface area contributed by atoms with Gasteiger partial charge in [0.1, 0.15) is 6.04 Å². The smallest absolute Gasteiger partial charge is 0.320 e. The van der Waals surface area contributed by atoms with Crippen LogP contribution in [-0.4, -0.2) is 47.6 Å². The second-order valence-corrected chi connectivity index (χ2v) is 4.94. The van der Waals surface area contributed by atoms with Gasteiger partial charge in [-0.2, -0.15) is 0 Å². The minimum atomic E-state index is -0.835. The molecule has 5 heteroatoms. The van der Waals surface area contributed by atoms with E-state index >= 15 is 0 Å². The summed E-state index contributed by atoms with van der Waals surface area (Å²) in [4.78, 5) is 27.0. The second-order valence-electron chi connectivity index (χ2n) is 4.94. The number of carboxylic acids is 1. The van der Waals surface area contributed by atoms with Crippen LogP contribution in [0.15, 0.2) is 30.3 Å². The first kappa shape index (κ1) is 14.5. The summed E-state index contributed by atoms with van der Waals surface area (Å²) in [6, 6.07) is 8.94. The molecule has 0 bridgehead atoms. The molecule has 2 rings (SSSR count). The zero-order valence-corrected chi connectivity index (χ0v) is 11.7. The average Bonchev–Trinajstić information content (AvgIpc) is 2.89. The molecule has 1 saturated heterocycles. The highest BCUT2D eigenvalue weighted by molar-refractivity contribution is 5.95. The maximum absolute atomic E-state index is 12.4. The molecule has 0 spiro atoms. The van der Waals surface area contributed by atoms with E-state index in [-0.39, 0.29) is 12.5 Å². The van der Waals surface area contributed by atoms with E-state index in [1.807, 2.05) is 37.3 Å². The van der Waals surface area contributed by atoms with Crippen molar-refractivity contribution < 1.29 is 14.7 Å². The van der Waals surface area contributed by atoms with Crippen molar-refractivity contribution >= 4 is 17.6 Å². The number of rotatable bonds is 5. The predicted octanol–water partition coefficient (Wildman–Crippen LogP) is 1.59. The summed E-state index contributed by atoms with van der Waals surface area (Å²) >= 11 is 0. The van der Waals surface area contributed by atoms with Gasteiger partial charge in [0, 0.05) is 12.2 Å². The molecule has 1 aromatic rings. The Labute approximate surface area is 118 Å². The topological polar surface area (TPSA) is 60.9 Å². The summed E-state index contributed by atoms with van der Waals surface area (Å²) in [7, 11) is 0. The van der Waals surface area contributed by atoms with Crippen LogP contribution >= 0.6 is 0 Å². The maximum Gasteiger partial charge on any atom is 0.320 e. The Morgan fingerprint density at radius 3 is 2.65 bits per heavy atom. The van der Waals surface area contributed by atoms with E-state index in [0.717, 1.165) is 12.1 Å². The number of anilines is 1. The van der Waals surface area contributed by atoms with Crippen molar-refractivity contribution in [1.29, 1.82) is 0 Å². The van der Waals surface area contributed by atoms with Gasteiger partial charge in [0.2, 0.25) is 5.91 Å². The molecule has 1 atom stereocenters. The van der Waals surface area contributed by atoms with E-state index in [2.05, 4.69) is 0 Å². The van der Waals surface area contributed by atoms with Crippen molar-refractivity contribution in [3.63, 3.8) is 0 Å². The molecule has 0 aromatic heterocycles. The largest absolute Gasteiger partial charge is 0.480 e. The molecular formula is C15H20N2O3. The number of hydrogen-bond donors (Lipinski definition) is 1. The van der Waals surface area contributed by atoms with Crippen molar-refractivity contribution in [3.8, 4) is 0 Å². The van der Waals surface area contributed by atoms with Crippen molar-refractivity contribution in [3.05, 3.63) is 30.3 Å². The number of nitrogens with zero attached hydrogens (tertiary/aromatic N) is 2. The Morgan fingerprint density at radius 2 is 2.05 bits per heavy atom. The SMILES string of the molecule is CCN(C(=O)CN1CCC[C@@H]1C(=O)O)c1ccccc1. The van der Waals surface area contributed by atoms with Crippen molar-refractivity contribution in [2.45, 2.75) is 25.8 Å². The number of carbonyl (C=O) groups excluding carboxylic acids is 1. The Hall–Kier alpha value is -1.88. The molecule has 1 aliphatic rings. The maximum atomic E-state index is 12.4. The number of para-hydroxylation sites is 1. The molecule has 5 nitrogen and oxygen atoms in total. The summed E-state index contributed by atoms with van der Waals surface area (Å²) in [5.41, 5.74) is 0.853. The van der Waals surface area contributed by atoms with Crippen molar-refractivity contribution in [2.24, 2.45) is 0 Å². The minimum absolute atomic E-state index is 0.0492. The molecule has 1 N–H and O–H groups in total. The van der Waals surface area contributed by atoms with Crippen LogP contribution in [0.1, 0.15) is 19.8 Å². The fourth-order valence-electron chi connectivity index (χ4n) is 2.66. The fourth-order valence-corrected chi connectivity index (χ4v) is 2.66. The molecule has 108 valence electrons. The van der Waals surface area contributed by atoms with Gasteiger partial charge in [-0.05, 0) is 38.4 Å². The lowest BCUT2D eigenvalue weighted by Crippen LogP contribution is -2.44. The second kappa shape index (κ2) is 6.52. The van der Waals surface area contributed by atoms with Crippen LogP contribution < -0.4 is 4.90 Å². The van der Waals surface area contributed by atoms with Gasteiger partial charge in [-0.25, -0.2) is 0 Å². The Kier molecular flexibility index (Phi) is 4.74. The summed E-state index contributed by atoms with van der Waals surface area (Å²) in [6.45, 7) is 3.34. The van der Waals surface area contributed by atoms with E-state index in [0.29, 0.717) is 19.5 Å². The summed E-state index contributed by atoms with van der Waals surface area (Å²) < 4.78 is 0. The van der Waals surface area contributed by atoms with Gasteiger partial charge in [0.05, 0.1) is 6.54 Å². The zero-order chi connectivity index (χ0) is 14.5. The fraction of sp³-hybridized carbons (Fsp3) is 0.467. The van der Waals surface area contributed by atoms with Crippen LogP contribution in [0.3, 0.4) is 0 Å². The molecule has 1 aliphatic heterocycles. The van der Waals surface area contributed by atoms with E-state index < -0.39 is 12.0 Å². The summed E-state index contributed by atoms with van der Waals surface area (Å²) in [6.07, 6.45) is 1.46. The number of carbonyl (C=O) groups is 2. The summed E-state index contributed by atoms with van der Waals surface area (Å²) in [5, 5.41) is 9.14. The van der Waals surface area contributed by atoms with Crippen LogP contribution in [0.5, 0.6) is 0 Å². The number of amides is 1. The van der Waals surface area contributed by atoms with Gasteiger partial charge >= 0.3 is 5.97 Å². The standard InChI is InChI=1S/C15H20N2O3/c1-2-17(12-7-4-3-5-8-12)14(18)11-16-10-6-9-13(16)15(19)20/h3-5,7-8,13H,2,6,9-11H2,1H3,(H,19,20)/t13-/m1/s1. The Balaban J connectivity index is 2.05. The molecule has 0 saturated carbocycles. The van der Waals surface area contributed by atoms with E-state index in [1.165, 1.54) is 0 Å². The highest BCUT2D eigenvalue weighted by atomic mass is 16.4. The van der Waals surface area contributed by atoms with Crippen LogP contribution in [0, 0.1) is 0 Å². The Bertz CT molecular complexity index is 475. The molecule has 0 unspecified atom stereocenters. The molecule has 1 aromatic carbocycles. The lowest BCUT2D eigenvalue weighted by molar-refractivity contribution is -0.142. The van der Waals surface area contributed by atoms with Crippen molar-refractivity contribution in [2.75, 3.05) is 24.5 Å². The quantitative estimate of drug-likeness (QED) is 0.887. The average molecular weight is 276 g/mol. The van der Waals surface area contributed by atoms with Crippen LogP contribution in [0.25, 0.3) is 0 Å². The molecule has 20 heavy (non-hydrogen) atoms. The third-order valence-electron chi connectivity index (χ3n) is 3.67. The van der Waals surface area contributed by atoms with E-state index in [4.69, 9.17) is 5.11 Å². The number of likely N-dealkylation sites (tertiary alicyclic amines) is 1. The highest BCUT2D eigenvalue weighted by Gasteiger charge is 2.32. The van der Waals surface area contributed by atoms with Gasteiger partial charge in [-0.15, -0.1) is 0 Å². The number of hydrogen-bond acceptors (Lipinski definition) is 3. The first-order chi connectivity index (χ1) is 9.63. The highest BCUT2D eigenvalue weighted by Crippen LogP contribution is 2.19. The number of aliphatic carboxylic acids is 1. The van der Waals surface area contributed by atoms with Crippen molar-refractivity contribution in [1.82, 2.24) is 4.90 Å². The lowest BCUT2D eigenvalue weighted by atomic mass is 10.2. The van der Waals surface area contributed by atoms with Crippen LogP contribution in [0.4, 0.5) is 5.69 Å². The summed E-state index contributed by atoms with van der Waals surface area (Å²) in [5.74, 6) is -0.884. The van der Waals surface area contributed by atoms with Crippen LogP contribution in [0.2, 0.25) is 0 Å². The van der Waals surface area contributed by atoms with Gasteiger partial charge in [0.15, 0.2) is 0 Å².